The molecule has 1 unspecified atom stereocenters. The first-order valence-corrected chi connectivity index (χ1v) is 13.8. The van der Waals surface area contributed by atoms with Crippen molar-refractivity contribution in [3.8, 4) is 5.75 Å². The third-order valence-electron chi connectivity index (χ3n) is 5.51. The van der Waals surface area contributed by atoms with E-state index in [1.54, 1.807) is 7.11 Å². The Morgan fingerprint density at radius 3 is 1.62 bits per heavy atom. The fourth-order valence-corrected chi connectivity index (χ4v) is 9.63. The third kappa shape index (κ3) is 5.28. The molecular weight excluding hydrogens is 430 g/mol. The average molecular weight is 458 g/mol. The first-order chi connectivity index (χ1) is 15.8. The molecule has 4 heteroatoms. The molecule has 4 aromatic rings. The standard InChI is InChI=1S/C28H28O2P2/c1-30-26-17-9-11-19-28(26)32(25-15-6-3-7-16-25)21-20-31(24-13-4-2-5-14-24)27-18-10-8-12-23(27)22-29/h2-19,29H,20-22H2,1H3/t31?,32-/m1/s1. The molecule has 4 aromatic carbocycles. The van der Waals surface area contributed by atoms with E-state index in [9.17, 15) is 5.11 Å². The Morgan fingerprint density at radius 2 is 1.06 bits per heavy atom. The molecule has 0 saturated carbocycles. The van der Waals surface area contributed by atoms with Gasteiger partial charge in [0.1, 0.15) is 5.75 Å². The minimum Gasteiger partial charge on any atom is -0.496 e. The van der Waals surface area contributed by atoms with Gasteiger partial charge in [-0.1, -0.05) is 103 Å². The zero-order valence-electron chi connectivity index (χ0n) is 18.3. The molecule has 162 valence electrons. The van der Waals surface area contributed by atoms with E-state index in [1.165, 1.54) is 21.2 Å². The van der Waals surface area contributed by atoms with E-state index in [1.807, 2.05) is 18.2 Å². The number of hydrogen-bond acceptors (Lipinski definition) is 2. The second-order valence-electron chi connectivity index (χ2n) is 7.43. The largest absolute Gasteiger partial charge is 0.496 e. The van der Waals surface area contributed by atoms with Crippen LogP contribution in [0, 0.1) is 0 Å². The van der Waals surface area contributed by atoms with E-state index in [0.29, 0.717) is 0 Å². The van der Waals surface area contributed by atoms with Gasteiger partial charge in [-0.15, -0.1) is 0 Å². The lowest BCUT2D eigenvalue weighted by molar-refractivity contribution is 0.283. The van der Waals surface area contributed by atoms with Gasteiger partial charge in [-0.2, -0.15) is 0 Å². The van der Waals surface area contributed by atoms with Crippen LogP contribution in [-0.4, -0.2) is 24.5 Å². The second-order valence-corrected chi connectivity index (χ2v) is 12.0. The van der Waals surface area contributed by atoms with Gasteiger partial charge < -0.3 is 9.84 Å². The fraction of sp³-hybridized carbons (Fsp3) is 0.143. The Kier molecular flexibility index (Phi) is 8.07. The van der Waals surface area contributed by atoms with Gasteiger partial charge in [0.2, 0.25) is 0 Å². The van der Waals surface area contributed by atoms with E-state index in [-0.39, 0.29) is 6.61 Å². The fourth-order valence-electron chi connectivity index (χ4n) is 3.95. The van der Waals surface area contributed by atoms with Crippen molar-refractivity contribution >= 4 is 37.1 Å². The lowest BCUT2D eigenvalue weighted by atomic mass is 10.2. The van der Waals surface area contributed by atoms with Crippen molar-refractivity contribution < 1.29 is 9.84 Å². The summed E-state index contributed by atoms with van der Waals surface area (Å²) in [5.74, 6) is 0.960. The van der Waals surface area contributed by atoms with Crippen molar-refractivity contribution in [1.29, 1.82) is 0 Å². The van der Waals surface area contributed by atoms with Gasteiger partial charge in [-0.05, 0) is 55.7 Å². The number of ether oxygens (including phenoxy) is 1. The van der Waals surface area contributed by atoms with Crippen LogP contribution < -0.4 is 26.0 Å². The highest BCUT2D eigenvalue weighted by atomic mass is 31.1. The maximum Gasteiger partial charge on any atom is 0.126 e. The van der Waals surface area contributed by atoms with Crippen LogP contribution in [0.1, 0.15) is 5.56 Å². The molecule has 0 bridgehead atoms. The molecule has 0 aliphatic rings. The molecule has 0 radical (unpaired) electrons. The minimum atomic E-state index is -0.589. The van der Waals surface area contributed by atoms with Crippen LogP contribution >= 0.6 is 15.8 Å². The SMILES string of the molecule is COc1ccccc1[P@](CCP(c1ccccc1)c1ccccc1CO)c1ccccc1. The zero-order valence-corrected chi connectivity index (χ0v) is 20.1. The summed E-state index contributed by atoms with van der Waals surface area (Å²) in [7, 11) is 0.590. The first kappa shape index (κ1) is 22.7. The molecule has 1 N–H and O–H groups in total. The normalized spacial score (nSPS) is 12.8. The maximum atomic E-state index is 10.0. The summed E-state index contributed by atoms with van der Waals surface area (Å²) in [6.45, 7) is 0.0712. The average Bonchev–Trinajstić information content (AvgIpc) is 2.88. The van der Waals surface area contributed by atoms with Crippen molar-refractivity contribution in [3.63, 3.8) is 0 Å². The Bertz CT molecular complexity index is 1030. The lowest BCUT2D eigenvalue weighted by Crippen LogP contribution is -2.22. The summed E-state index contributed by atoms with van der Waals surface area (Å²) >= 11 is 0. The molecule has 0 amide bonds. The van der Waals surface area contributed by atoms with Crippen molar-refractivity contribution in [2.24, 2.45) is 0 Å². The number of aliphatic hydroxyl groups is 1. The topological polar surface area (TPSA) is 29.5 Å². The second kappa shape index (κ2) is 11.4. The highest BCUT2D eigenvalue weighted by Gasteiger charge is 2.22. The van der Waals surface area contributed by atoms with Crippen molar-refractivity contribution in [3.05, 3.63) is 115 Å². The van der Waals surface area contributed by atoms with Crippen LogP contribution in [0.2, 0.25) is 0 Å². The molecule has 2 nitrogen and oxygen atoms in total. The maximum absolute atomic E-state index is 10.0. The molecule has 0 aliphatic carbocycles. The third-order valence-corrected chi connectivity index (χ3v) is 11.0. The monoisotopic (exact) mass is 458 g/mol. The smallest absolute Gasteiger partial charge is 0.126 e. The number of rotatable bonds is 9. The van der Waals surface area contributed by atoms with Crippen LogP contribution in [0.25, 0.3) is 0 Å². The zero-order chi connectivity index (χ0) is 22.2. The molecule has 0 spiro atoms. The molecule has 0 heterocycles. The van der Waals surface area contributed by atoms with Gasteiger partial charge in [0.05, 0.1) is 13.7 Å². The summed E-state index contributed by atoms with van der Waals surface area (Å²) < 4.78 is 5.75. The number of benzene rings is 4. The van der Waals surface area contributed by atoms with Crippen LogP contribution in [0.4, 0.5) is 0 Å². The van der Waals surface area contributed by atoms with Crippen LogP contribution in [0.15, 0.2) is 109 Å². The number of methoxy groups -OCH3 is 1. The molecule has 0 aromatic heterocycles. The van der Waals surface area contributed by atoms with Crippen molar-refractivity contribution in [1.82, 2.24) is 0 Å². The van der Waals surface area contributed by atoms with Crippen molar-refractivity contribution in [2.75, 3.05) is 19.4 Å². The van der Waals surface area contributed by atoms with Gasteiger partial charge in [-0.3, -0.25) is 0 Å². The van der Waals surface area contributed by atoms with E-state index in [2.05, 4.69) is 91.0 Å². The summed E-state index contributed by atoms with van der Waals surface area (Å²) in [6.07, 6.45) is 2.11. The van der Waals surface area contributed by atoms with E-state index in [4.69, 9.17) is 4.74 Å². The van der Waals surface area contributed by atoms with Gasteiger partial charge in [-0.25, -0.2) is 0 Å². The molecule has 0 saturated heterocycles. The molecule has 4 rings (SSSR count). The predicted molar refractivity (Wildman–Crippen MR) is 140 cm³/mol. The number of hydrogen-bond donors (Lipinski definition) is 1. The van der Waals surface area contributed by atoms with Gasteiger partial charge in [0.15, 0.2) is 0 Å². The molecule has 2 atom stereocenters. The van der Waals surface area contributed by atoms with Crippen LogP contribution in [-0.2, 0) is 6.61 Å². The van der Waals surface area contributed by atoms with E-state index in [0.717, 1.165) is 23.6 Å². The van der Waals surface area contributed by atoms with E-state index < -0.39 is 15.8 Å². The highest BCUT2D eigenvalue weighted by molar-refractivity contribution is 7.76. The van der Waals surface area contributed by atoms with E-state index >= 15 is 0 Å². The quantitative estimate of drug-likeness (QED) is 0.367. The predicted octanol–water partition coefficient (Wildman–Crippen LogP) is 4.75. The Balaban J connectivity index is 1.72. The van der Waals surface area contributed by atoms with Gasteiger partial charge in [0, 0.05) is 5.30 Å². The summed E-state index contributed by atoms with van der Waals surface area (Å²) in [4.78, 5) is 0. The highest BCUT2D eigenvalue weighted by Crippen LogP contribution is 2.43. The summed E-state index contributed by atoms with van der Waals surface area (Å²) in [5.41, 5.74) is 1.03. The van der Waals surface area contributed by atoms with Crippen LogP contribution in [0.5, 0.6) is 5.75 Å². The molecule has 0 aliphatic heterocycles. The Hall–Kier alpha value is -2.50. The summed E-state index contributed by atoms with van der Waals surface area (Å²) in [5, 5.41) is 15.3. The Morgan fingerprint density at radius 1 is 0.594 bits per heavy atom. The molecule has 0 fully saturated rings. The van der Waals surface area contributed by atoms with Gasteiger partial charge in [0.25, 0.3) is 0 Å². The number of aliphatic hydroxyl groups excluding tert-OH is 1. The Labute approximate surface area is 193 Å². The molecule has 32 heavy (non-hydrogen) atoms. The molecular formula is C28H28O2P2. The first-order valence-electron chi connectivity index (χ1n) is 10.8. The summed E-state index contributed by atoms with van der Waals surface area (Å²) in [6, 6.07) is 38.3. The van der Waals surface area contributed by atoms with Gasteiger partial charge >= 0.3 is 0 Å². The lowest BCUT2D eigenvalue weighted by Gasteiger charge is -2.26. The van der Waals surface area contributed by atoms with Crippen molar-refractivity contribution in [2.45, 2.75) is 6.61 Å². The number of para-hydroxylation sites is 1. The van der Waals surface area contributed by atoms with Crippen LogP contribution in [0.3, 0.4) is 0 Å². The minimum absolute atomic E-state index is 0.0712.